The topological polar surface area (TPSA) is 41.8 Å². The molecule has 1 saturated carbocycles. The number of H-pyrrole nitrogens is 1. The van der Waals surface area contributed by atoms with E-state index in [2.05, 4.69) is 42.2 Å². The molecule has 0 amide bonds. The van der Waals surface area contributed by atoms with E-state index in [1.165, 1.54) is 29.5 Å². The van der Waals surface area contributed by atoms with E-state index in [1.807, 2.05) is 0 Å². The lowest BCUT2D eigenvalue weighted by atomic mass is 9.87. The minimum atomic E-state index is 0.366. The number of aromatic nitrogens is 2. The normalized spacial score (nSPS) is 16.5. The molecule has 19 heavy (non-hydrogen) atoms. The molecule has 0 spiro atoms. The van der Waals surface area contributed by atoms with E-state index < -0.39 is 0 Å². The summed E-state index contributed by atoms with van der Waals surface area (Å²) in [6.07, 6.45) is 3.45. The van der Waals surface area contributed by atoms with E-state index in [4.69, 9.17) is 16.6 Å². The third-order valence-electron chi connectivity index (χ3n) is 3.90. The Labute approximate surface area is 118 Å². The monoisotopic (exact) mass is 274 g/mol. The van der Waals surface area contributed by atoms with Crippen molar-refractivity contribution < 1.29 is 4.42 Å². The van der Waals surface area contributed by atoms with Gasteiger partial charge in [0.15, 0.2) is 0 Å². The van der Waals surface area contributed by atoms with Crippen LogP contribution in [0.3, 0.4) is 0 Å². The van der Waals surface area contributed by atoms with Gasteiger partial charge in [-0.15, -0.1) is 5.10 Å². The van der Waals surface area contributed by atoms with Crippen LogP contribution < -0.4 is 0 Å². The van der Waals surface area contributed by atoms with Gasteiger partial charge < -0.3 is 4.42 Å². The van der Waals surface area contributed by atoms with Crippen molar-refractivity contribution in [2.75, 3.05) is 0 Å². The summed E-state index contributed by atoms with van der Waals surface area (Å²) in [7, 11) is 0. The number of nitrogens with one attached hydrogen (secondary N) is 1. The lowest BCUT2D eigenvalue weighted by molar-refractivity contribution is 0.445. The molecular formula is C15H18N2OS. The molecule has 2 aromatic rings. The summed E-state index contributed by atoms with van der Waals surface area (Å²) in [6.45, 7) is 4.33. The number of hydrogen-bond acceptors (Lipinski definition) is 3. The van der Waals surface area contributed by atoms with Crippen molar-refractivity contribution in [1.82, 2.24) is 10.2 Å². The molecule has 1 N–H and O–H groups in total. The fourth-order valence-corrected chi connectivity index (χ4v) is 2.87. The smallest absolute Gasteiger partial charge is 0.284 e. The Morgan fingerprint density at radius 3 is 2.84 bits per heavy atom. The fourth-order valence-electron chi connectivity index (χ4n) is 2.72. The van der Waals surface area contributed by atoms with Crippen LogP contribution in [0.4, 0.5) is 0 Å². The van der Waals surface area contributed by atoms with Crippen molar-refractivity contribution >= 4 is 12.2 Å². The van der Waals surface area contributed by atoms with Gasteiger partial charge in [0.05, 0.1) is 0 Å². The molecule has 0 bridgehead atoms. The molecule has 1 aliphatic rings. The fraction of sp³-hybridized carbons (Fsp3) is 0.467. The second-order valence-electron chi connectivity index (χ2n) is 5.51. The van der Waals surface area contributed by atoms with E-state index in [9.17, 15) is 0 Å². The Morgan fingerprint density at radius 2 is 2.21 bits per heavy atom. The molecule has 0 aliphatic heterocycles. The summed E-state index contributed by atoms with van der Waals surface area (Å²) < 4.78 is 5.43. The summed E-state index contributed by atoms with van der Waals surface area (Å²) >= 11 is 4.95. The van der Waals surface area contributed by atoms with Gasteiger partial charge in [0.2, 0.25) is 5.89 Å². The van der Waals surface area contributed by atoms with Crippen LogP contribution in [0.1, 0.15) is 41.3 Å². The number of benzene rings is 1. The van der Waals surface area contributed by atoms with Crippen LogP contribution in [0.25, 0.3) is 0 Å². The van der Waals surface area contributed by atoms with Gasteiger partial charge in [-0.05, 0) is 61.9 Å². The van der Waals surface area contributed by atoms with E-state index in [1.54, 1.807) is 0 Å². The SMILES string of the molecule is Cc1ccc(C)c(C(Cc2n[nH]c(=S)o2)C2CC2)c1. The number of nitrogens with zero attached hydrogens (tertiary/aromatic N) is 1. The molecular weight excluding hydrogens is 256 g/mol. The van der Waals surface area contributed by atoms with E-state index in [0.717, 1.165) is 18.2 Å². The molecule has 3 nitrogen and oxygen atoms in total. The lowest BCUT2D eigenvalue weighted by Gasteiger charge is -2.18. The second-order valence-corrected chi connectivity index (χ2v) is 5.89. The van der Waals surface area contributed by atoms with E-state index in [-0.39, 0.29) is 0 Å². The van der Waals surface area contributed by atoms with Crippen LogP contribution in [0.2, 0.25) is 0 Å². The Bertz CT molecular complexity index is 640. The highest BCUT2D eigenvalue weighted by molar-refractivity contribution is 7.71. The van der Waals surface area contributed by atoms with Crippen molar-refractivity contribution in [3.05, 3.63) is 45.6 Å². The quantitative estimate of drug-likeness (QED) is 0.854. The minimum absolute atomic E-state index is 0.366. The van der Waals surface area contributed by atoms with Crippen molar-refractivity contribution in [3.63, 3.8) is 0 Å². The first-order chi connectivity index (χ1) is 9.13. The van der Waals surface area contributed by atoms with Crippen LogP contribution in [0.5, 0.6) is 0 Å². The number of rotatable bonds is 4. The first-order valence-electron chi connectivity index (χ1n) is 6.75. The van der Waals surface area contributed by atoms with E-state index >= 15 is 0 Å². The predicted molar refractivity (Wildman–Crippen MR) is 76.8 cm³/mol. The molecule has 1 aromatic carbocycles. The molecule has 1 aliphatic carbocycles. The maximum absolute atomic E-state index is 5.43. The van der Waals surface area contributed by atoms with Crippen molar-refractivity contribution in [2.45, 2.75) is 39.0 Å². The average Bonchev–Trinajstić information content (AvgIpc) is 3.14. The highest BCUT2D eigenvalue weighted by Gasteiger charge is 2.34. The molecule has 1 heterocycles. The molecule has 100 valence electrons. The number of aryl methyl sites for hydroxylation is 2. The first-order valence-corrected chi connectivity index (χ1v) is 7.16. The van der Waals surface area contributed by atoms with Gasteiger partial charge in [-0.3, -0.25) is 0 Å². The van der Waals surface area contributed by atoms with Crippen LogP contribution in [-0.2, 0) is 6.42 Å². The Hall–Kier alpha value is -1.42. The summed E-state index contributed by atoms with van der Waals surface area (Å²) in [5.41, 5.74) is 4.11. The van der Waals surface area contributed by atoms with Gasteiger partial charge in [0.25, 0.3) is 4.84 Å². The van der Waals surface area contributed by atoms with Gasteiger partial charge in [0, 0.05) is 6.42 Å². The zero-order valence-electron chi connectivity index (χ0n) is 11.3. The third-order valence-corrected chi connectivity index (χ3v) is 4.08. The van der Waals surface area contributed by atoms with Crippen LogP contribution in [0, 0.1) is 24.6 Å². The zero-order chi connectivity index (χ0) is 13.4. The van der Waals surface area contributed by atoms with Crippen LogP contribution in [-0.4, -0.2) is 10.2 Å². The average molecular weight is 274 g/mol. The maximum atomic E-state index is 5.43. The molecule has 1 fully saturated rings. The minimum Gasteiger partial charge on any atom is -0.414 e. The lowest BCUT2D eigenvalue weighted by Crippen LogP contribution is -2.08. The van der Waals surface area contributed by atoms with E-state index in [0.29, 0.717) is 10.8 Å². The number of hydrogen-bond donors (Lipinski definition) is 1. The maximum Gasteiger partial charge on any atom is 0.284 e. The molecule has 1 unspecified atom stereocenters. The van der Waals surface area contributed by atoms with Crippen LogP contribution in [0.15, 0.2) is 22.6 Å². The molecule has 0 saturated heterocycles. The summed E-state index contributed by atoms with van der Waals surface area (Å²) in [5, 5.41) is 6.86. The Kier molecular flexibility index (Phi) is 3.27. The highest BCUT2D eigenvalue weighted by atomic mass is 32.1. The van der Waals surface area contributed by atoms with Gasteiger partial charge in [0.1, 0.15) is 0 Å². The molecule has 4 heteroatoms. The Morgan fingerprint density at radius 1 is 1.42 bits per heavy atom. The third kappa shape index (κ3) is 2.78. The molecule has 1 aromatic heterocycles. The molecule has 3 rings (SSSR count). The molecule has 0 radical (unpaired) electrons. The largest absolute Gasteiger partial charge is 0.414 e. The van der Waals surface area contributed by atoms with Crippen molar-refractivity contribution in [3.8, 4) is 0 Å². The number of aromatic amines is 1. The summed E-state index contributed by atoms with van der Waals surface area (Å²) in [5.74, 6) is 1.99. The van der Waals surface area contributed by atoms with Crippen LogP contribution >= 0.6 is 12.2 Å². The zero-order valence-corrected chi connectivity index (χ0v) is 12.1. The van der Waals surface area contributed by atoms with Crippen molar-refractivity contribution in [1.29, 1.82) is 0 Å². The summed E-state index contributed by atoms with van der Waals surface area (Å²) in [4.78, 5) is 0.366. The second kappa shape index (κ2) is 4.93. The first kappa shape index (κ1) is 12.6. The highest BCUT2D eigenvalue weighted by Crippen LogP contribution is 2.45. The standard InChI is InChI=1S/C15H18N2OS/c1-9-3-4-10(2)12(7-9)13(11-5-6-11)8-14-16-17-15(19)18-14/h3-4,7,11,13H,5-6,8H2,1-2H3,(H,17,19). The van der Waals surface area contributed by atoms with Gasteiger partial charge in [-0.1, -0.05) is 23.8 Å². The predicted octanol–water partition coefficient (Wildman–Crippen LogP) is 4.09. The van der Waals surface area contributed by atoms with Gasteiger partial charge >= 0.3 is 0 Å². The van der Waals surface area contributed by atoms with Gasteiger partial charge in [-0.2, -0.15) is 0 Å². The van der Waals surface area contributed by atoms with Crippen molar-refractivity contribution in [2.24, 2.45) is 5.92 Å². The Balaban J connectivity index is 1.92. The molecule has 1 atom stereocenters. The summed E-state index contributed by atoms with van der Waals surface area (Å²) in [6, 6.07) is 6.68. The van der Waals surface area contributed by atoms with Gasteiger partial charge in [-0.25, -0.2) is 5.10 Å².